The Morgan fingerprint density at radius 2 is 2.05 bits per heavy atom. The second kappa shape index (κ2) is 5.53. The smallest absolute Gasteiger partial charge is 0.326 e. The minimum absolute atomic E-state index is 0.265. The fourth-order valence-corrected chi connectivity index (χ4v) is 2.50. The molecule has 1 heterocycles. The van der Waals surface area contributed by atoms with E-state index >= 15 is 0 Å². The molecule has 2 amide bonds. The lowest BCUT2D eigenvalue weighted by Gasteiger charge is -2.36. The molecule has 2 atom stereocenters. The molecular weight excluding hydrogens is 256 g/mol. The predicted molar refractivity (Wildman–Crippen MR) is 76.9 cm³/mol. The molecule has 0 aliphatic carbocycles. The molecule has 1 N–H and O–H groups in total. The van der Waals surface area contributed by atoms with E-state index in [2.05, 4.69) is 6.92 Å². The monoisotopic (exact) mass is 276 g/mol. The summed E-state index contributed by atoms with van der Waals surface area (Å²) in [5, 5.41) is 9.03. The van der Waals surface area contributed by atoms with E-state index in [1.807, 2.05) is 24.3 Å². The fourth-order valence-electron chi connectivity index (χ4n) is 2.50. The summed E-state index contributed by atoms with van der Waals surface area (Å²) >= 11 is 0. The van der Waals surface area contributed by atoms with Crippen LogP contribution in [0.5, 0.6) is 0 Å². The zero-order valence-corrected chi connectivity index (χ0v) is 12.0. The molecule has 108 valence electrons. The zero-order valence-electron chi connectivity index (χ0n) is 12.0. The number of urea groups is 1. The van der Waals surface area contributed by atoms with Gasteiger partial charge in [0, 0.05) is 19.3 Å². The number of carboxylic acid groups (broad SMARTS) is 1. The first kappa shape index (κ1) is 14.4. The lowest BCUT2D eigenvalue weighted by molar-refractivity contribution is -0.141. The van der Waals surface area contributed by atoms with Crippen molar-refractivity contribution in [3.63, 3.8) is 0 Å². The van der Waals surface area contributed by atoms with Crippen LogP contribution in [0.4, 0.5) is 10.5 Å². The van der Waals surface area contributed by atoms with Crippen molar-refractivity contribution in [3.8, 4) is 0 Å². The Kier molecular flexibility index (Phi) is 3.97. The Morgan fingerprint density at radius 1 is 1.40 bits per heavy atom. The minimum atomic E-state index is -1.00. The van der Waals surface area contributed by atoms with Gasteiger partial charge in [0.2, 0.25) is 0 Å². The summed E-state index contributed by atoms with van der Waals surface area (Å²) in [4.78, 5) is 26.5. The molecule has 0 spiro atoms. The number of para-hydroxylation sites is 1. The molecule has 0 saturated carbocycles. The van der Waals surface area contributed by atoms with Crippen LogP contribution < -0.4 is 4.90 Å². The molecule has 1 aromatic rings. The Bertz CT molecular complexity index is 530. The van der Waals surface area contributed by atoms with Gasteiger partial charge in [-0.15, -0.1) is 0 Å². The third-order valence-corrected chi connectivity index (χ3v) is 3.82. The molecule has 0 bridgehead atoms. The zero-order chi connectivity index (χ0) is 14.9. The number of rotatable bonds is 2. The van der Waals surface area contributed by atoms with Gasteiger partial charge in [0.1, 0.15) is 6.04 Å². The topological polar surface area (TPSA) is 60.9 Å². The second-order valence-electron chi connectivity index (χ2n) is 5.46. The van der Waals surface area contributed by atoms with E-state index in [9.17, 15) is 9.59 Å². The highest BCUT2D eigenvalue weighted by molar-refractivity contribution is 5.95. The van der Waals surface area contributed by atoms with Gasteiger partial charge in [0.05, 0.1) is 0 Å². The van der Waals surface area contributed by atoms with Crippen LogP contribution in [-0.2, 0) is 11.2 Å². The van der Waals surface area contributed by atoms with Crippen molar-refractivity contribution in [3.05, 3.63) is 29.8 Å². The first-order chi connectivity index (χ1) is 9.41. The number of likely N-dealkylation sites (N-methyl/N-ethyl adjacent to an activating group) is 1. The van der Waals surface area contributed by atoms with Crippen molar-refractivity contribution in [1.82, 2.24) is 4.90 Å². The molecule has 1 aliphatic heterocycles. The van der Waals surface area contributed by atoms with Crippen LogP contribution in [0.15, 0.2) is 24.3 Å². The van der Waals surface area contributed by atoms with E-state index in [0.29, 0.717) is 12.5 Å². The van der Waals surface area contributed by atoms with E-state index in [1.165, 1.54) is 18.9 Å². The Labute approximate surface area is 118 Å². The number of amides is 2. The van der Waals surface area contributed by atoms with Crippen molar-refractivity contribution >= 4 is 17.7 Å². The van der Waals surface area contributed by atoms with Gasteiger partial charge in [-0.2, -0.15) is 0 Å². The van der Waals surface area contributed by atoms with E-state index in [0.717, 1.165) is 17.7 Å². The molecule has 0 saturated heterocycles. The molecule has 20 heavy (non-hydrogen) atoms. The average Bonchev–Trinajstić information content (AvgIpc) is 2.43. The number of hydrogen-bond donors (Lipinski definition) is 1. The van der Waals surface area contributed by atoms with Crippen molar-refractivity contribution < 1.29 is 14.7 Å². The predicted octanol–water partition coefficient (Wildman–Crippen LogP) is 2.21. The summed E-state index contributed by atoms with van der Waals surface area (Å²) < 4.78 is 0. The molecule has 1 aromatic carbocycles. The average molecular weight is 276 g/mol. The molecule has 0 fully saturated rings. The molecule has 2 unspecified atom stereocenters. The third-order valence-electron chi connectivity index (χ3n) is 3.82. The van der Waals surface area contributed by atoms with Gasteiger partial charge in [0.15, 0.2) is 0 Å². The maximum absolute atomic E-state index is 12.5. The molecule has 5 nitrogen and oxygen atoms in total. The molecule has 0 radical (unpaired) electrons. The van der Waals surface area contributed by atoms with Crippen LogP contribution in [-0.4, -0.2) is 41.6 Å². The van der Waals surface area contributed by atoms with Crippen LogP contribution in [0.25, 0.3) is 0 Å². The molecule has 2 rings (SSSR count). The number of anilines is 1. The lowest BCUT2D eigenvalue weighted by Crippen LogP contribution is -2.50. The van der Waals surface area contributed by atoms with Crippen LogP contribution in [0.1, 0.15) is 19.4 Å². The highest BCUT2D eigenvalue weighted by Crippen LogP contribution is 2.30. The number of nitrogens with zero attached hydrogens (tertiary/aromatic N) is 2. The largest absolute Gasteiger partial charge is 0.480 e. The SMILES string of the molecule is CC1Cc2ccccc2N(C(=O)N(C)C(C)C(=O)O)C1. The number of carbonyl (C=O) groups is 2. The number of aliphatic carboxylic acids is 1. The minimum Gasteiger partial charge on any atom is -0.480 e. The van der Waals surface area contributed by atoms with E-state index in [-0.39, 0.29) is 6.03 Å². The highest BCUT2D eigenvalue weighted by atomic mass is 16.4. The fraction of sp³-hybridized carbons (Fsp3) is 0.467. The first-order valence-corrected chi connectivity index (χ1v) is 6.77. The van der Waals surface area contributed by atoms with E-state index < -0.39 is 12.0 Å². The van der Waals surface area contributed by atoms with Gasteiger partial charge in [0.25, 0.3) is 0 Å². The Hall–Kier alpha value is -2.04. The van der Waals surface area contributed by atoms with Crippen molar-refractivity contribution in [2.45, 2.75) is 26.3 Å². The van der Waals surface area contributed by atoms with Gasteiger partial charge in [-0.25, -0.2) is 9.59 Å². The van der Waals surface area contributed by atoms with Gasteiger partial charge >= 0.3 is 12.0 Å². The summed E-state index contributed by atoms with van der Waals surface area (Å²) in [5.74, 6) is -0.637. The number of fused-ring (bicyclic) bond motifs is 1. The van der Waals surface area contributed by atoms with Crippen LogP contribution in [0.2, 0.25) is 0 Å². The third kappa shape index (κ3) is 2.61. The Balaban J connectivity index is 2.28. The van der Waals surface area contributed by atoms with E-state index in [1.54, 1.807) is 4.90 Å². The number of benzene rings is 1. The summed E-state index contributed by atoms with van der Waals surface area (Å²) in [6, 6.07) is 6.69. The summed E-state index contributed by atoms with van der Waals surface area (Å²) in [6.45, 7) is 4.23. The number of carboxylic acids is 1. The second-order valence-corrected chi connectivity index (χ2v) is 5.46. The number of carbonyl (C=O) groups excluding carboxylic acids is 1. The van der Waals surface area contributed by atoms with Gasteiger partial charge in [-0.1, -0.05) is 25.1 Å². The van der Waals surface area contributed by atoms with E-state index in [4.69, 9.17) is 5.11 Å². The molecule has 5 heteroatoms. The summed E-state index contributed by atoms with van der Waals surface area (Å²) in [6.07, 6.45) is 0.943. The molecular formula is C15H20N2O3. The van der Waals surface area contributed by atoms with Crippen LogP contribution in [0.3, 0.4) is 0 Å². The highest BCUT2D eigenvalue weighted by Gasteiger charge is 2.31. The first-order valence-electron chi connectivity index (χ1n) is 6.77. The van der Waals surface area contributed by atoms with Crippen LogP contribution in [0, 0.1) is 5.92 Å². The van der Waals surface area contributed by atoms with Gasteiger partial charge in [-0.3, -0.25) is 4.90 Å². The van der Waals surface area contributed by atoms with Crippen molar-refractivity contribution in [1.29, 1.82) is 0 Å². The molecule has 0 aromatic heterocycles. The Morgan fingerprint density at radius 3 is 2.70 bits per heavy atom. The van der Waals surface area contributed by atoms with Crippen molar-refractivity contribution in [2.24, 2.45) is 5.92 Å². The van der Waals surface area contributed by atoms with Crippen LogP contribution >= 0.6 is 0 Å². The van der Waals surface area contributed by atoms with Gasteiger partial charge in [-0.05, 0) is 30.9 Å². The van der Waals surface area contributed by atoms with Crippen molar-refractivity contribution in [2.75, 3.05) is 18.5 Å². The lowest BCUT2D eigenvalue weighted by atomic mass is 9.94. The standard InChI is InChI=1S/C15H20N2O3/c1-10-8-12-6-4-5-7-13(12)17(9-10)15(20)16(3)11(2)14(18)19/h4-7,10-11H,8-9H2,1-3H3,(H,18,19). The van der Waals surface area contributed by atoms with Gasteiger partial charge < -0.3 is 10.0 Å². The molecule has 1 aliphatic rings. The summed E-state index contributed by atoms with van der Waals surface area (Å²) in [7, 11) is 1.53. The maximum Gasteiger partial charge on any atom is 0.326 e. The normalized spacial score (nSPS) is 19.1. The summed E-state index contributed by atoms with van der Waals surface area (Å²) in [5.41, 5.74) is 2.02. The number of hydrogen-bond acceptors (Lipinski definition) is 2. The maximum atomic E-state index is 12.5. The quantitative estimate of drug-likeness (QED) is 0.901.